The van der Waals surface area contributed by atoms with E-state index in [9.17, 15) is 0 Å². The zero-order valence-electron chi connectivity index (χ0n) is 11.0. The lowest BCUT2D eigenvalue weighted by molar-refractivity contribution is 0.289. The predicted molar refractivity (Wildman–Crippen MR) is 79.5 cm³/mol. The van der Waals surface area contributed by atoms with Gasteiger partial charge in [0.1, 0.15) is 0 Å². The number of hydrogen-bond donors (Lipinski definition) is 1. The van der Waals surface area contributed by atoms with Crippen molar-refractivity contribution in [2.45, 2.75) is 30.8 Å². The molecule has 1 aromatic rings. The first-order chi connectivity index (χ1) is 9.20. The van der Waals surface area contributed by atoms with E-state index in [1.54, 1.807) is 11.8 Å². The van der Waals surface area contributed by atoms with Gasteiger partial charge in [0.2, 0.25) is 0 Å². The molecular formula is C14H19ClO3S. The van der Waals surface area contributed by atoms with Gasteiger partial charge in [0, 0.05) is 24.0 Å². The Hall–Kier alpha value is -0.580. The highest BCUT2D eigenvalue weighted by molar-refractivity contribution is 7.99. The SMILES string of the molecule is CC(CCO)SCc1cc(Cl)c2c(c1)OCCCO2. The van der Waals surface area contributed by atoms with Gasteiger partial charge < -0.3 is 14.6 Å². The second-order valence-electron chi connectivity index (χ2n) is 4.59. The Labute approximate surface area is 123 Å². The van der Waals surface area contributed by atoms with Crippen LogP contribution in [0.1, 0.15) is 25.3 Å². The largest absolute Gasteiger partial charge is 0.489 e. The van der Waals surface area contributed by atoms with Crippen LogP contribution in [0, 0.1) is 0 Å². The van der Waals surface area contributed by atoms with Crippen LogP contribution in [0.5, 0.6) is 11.5 Å². The van der Waals surface area contributed by atoms with Crippen LogP contribution in [0.25, 0.3) is 0 Å². The van der Waals surface area contributed by atoms with Gasteiger partial charge in [-0.25, -0.2) is 0 Å². The van der Waals surface area contributed by atoms with Crippen molar-refractivity contribution in [1.29, 1.82) is 0 Å². The van der Waals surface area contributed by atoms with Gasteiger partial charge >= 0.3 is 0 Å². The molecule has 0 saturated carbocycles. The van der Waals surface area contributed by atoms with E-state index in [0.29, 0.717) is 29.2 Å². The first-order valence-corrected chi connectivity index (χ1v) is 7.94. The van der Waals surface area contributed by atoms with Crippen LogP contribution in [0.15, 0.2) is 12.1 Å². The molecule has 0 saturated heterocycles. The minimum atomic E-state index is 0.232. The maximum atomic E-state index is 8.90. The molecule has 1 aromatic carbocycles. The molecule has 2 rings (SSSR count). The number of ether oxygens (including phenoxy) is 2. The Morgan fingerprint density at radius 3 is 2.95 bits per heavy atom. The molecule has 0 radical (unpaired) electrons. The van der Waals surface area contributed by atoms with E-state index >= 15 is 0 Å². The molecule has 0 aromatic heterocycles. The van der Waals surface area contributed by atoms with E-state index < -0.39 is 0 Å². The highest BCUT2D eigenvalue weighted by atomic mass is 35.5. The van der Waals surface area contributed by atoms with Crippen LogP contribution in [-0.2, 0) is 5.75 Å². The van der Waals surface area contributed by atoms with Gasteiger partial charge in [0.25, 0.3) is 0 Å². The zero-order chi connectivity index (χ0) is 13.7. The van der Waals surface area contributed by atoms with E-state index in [1.165, 1.54) is 0 Å². The standard InChI is InChI=1S/C14H19ClO3S/c1-10(3-4-16)19-9-11-7-12(15)14-13(8-11)17-5-2-6-18-14/h7-8,10,16H,2-6,9H2,1H3. The molecule has 1 N–H and O–H groups in total. The van der Waals surface area contributed by atoms with Crippen molar-refractivity contribution in [3.63, 3.8) is 0 Å². The zero-order valence-corrected chi connectivity index (χ0v) is 12.6. The van der Waals surface area contributed by atoms with Crippen molar-refractivity contribution >= 4 is 23.4 Å². The minimum absolute atomic E-state index is 0.232. The van der Waals surface area contributed by atoms with Crippen molar-refractivity contribution in [2.75, 3.05) is 19.8 Å². The maximum Gasteiger partial charge on any atom is 0.179 e. The molecule has 3 nitrogen and oxygen atoms in total. The number of hydrogen-bond acceptors (Lipinski definition) is 4. The monoisotopic (exact) mass is 302 g/mol. The average molecular weight is 303 g/mol. The lowest BCUT2D eigenvalue weighted by Crippen LogP contribution is -2.00. The molecule has 1 unspecified atom stereocenters. The summed E-state index contributed by atoms with van der Waals surface area (Å²) in [5, 5.41) is 9.94. The number of rotatable bonds is 5. The number of fused-ring (bicyclic) bond motifs is 1. The van der Waals surface area contributed by atoms with Crippen molar-refractivity contribution in [1.82, 2.24) is 0 Å². The highest BCUT2D eigenvalue weighted by Gasteiger charge is 2.15. The summed E-state index contributed by atoms with van der Waals surface area (Å²) in [7, 11) is 0. The van der Waals surface area contributed by atoms with Gasteiger partial charge in [-0.2, -0.15) is 11.8 Å². The van der Waals surface area contributed by atoms with Gasteiger partial charge in [0.15, 0.2) is 11.5 Å². The molecular weight excluding hydrogens is 284 g/mol. The van der Waals surface area contributed by atoms with Crippen molar-refractivity contribution in [3.8, 4) is 11.5 Å². The molecule has 1 atom stereocenters. The molecule has 0 fully saturated rings. The molecule has 0 spiro atoms. The Morgan fingerprint density at radius 1 is 1.37 bits per heavy atom. The molecule has 19 heavy (non-hydrogen) atoms. The number of thioether (sulfide) groups is 1. The number of aliphatic hydroxyl groups excluding tert-OH is 1. The van der Waals surface area contributed by atoms with Crippen molar-refractivity contribution in [3.05, 3.63) is 22.7 Å². The second kappa shape index (κ2) is 7.27. The van der Waals surface area contributed by atoms with Crippen LogP contribution >= 0.6 is 23.4 Å². The smallest absolute Gasteiger partial charge is 0.179 e. The summed E-state index contributed by atoms with van der Waals surface area (Å²) in [5.74, 6) is 2.27. The fraction of sp³-hybridized carbons (Fsp3) is 0.571. The lowest BCUT2D eigenvalue weighted by Gasteiger charge is -2.13. The molecule has 1 aliphatic heterocycles. The molecule has 0 amide bonds. The van der Waals surface area contributed by atoms with E-state index in [0.717, 1.165) is 29.9 Å². The summed E-state index contributed by atoms with van der Waals surface area (Å²) in [6, 6.07) is 3.94. The summed E-state index contributed by atoms with van der Waals surface area (Å²) in [6.07, 6.45) is 1.69. The lowest BCUT2D eigenvalue weighted by atomic mass is 10.2. The third-order valence-electron chi connectivity index (χ3n) is 2.93. The number of halogens is 1. The normalized spacial score (nSPS) is 15.9. The summed E-state index contributed by atoms with van der Waals surface area (Å²) in [5.41, 5.74) is 1.13. The predicted octanol–water partition coefficient (Wildman–Crippen LogP) is 3.51. The van der Waals surface area contributed by atoms with Crippen LogP contribution in [0.3, 0.4) is 0 Å². The maximum absolute atomic E-state index is 8.90. The van der Waals surface area contributed by atoms with Crippen LogP contribution in [0.4, 0.5) is 0 Å². The van der Waals surface area contributed by atoms with E-state index in [4.69, 9.17) is 26.2 Å². The van der Waals surface area contributed by atoms with E-state index in [1.807, 2.05) is 12.1 Å². The van der Waals surface area contributed by atoms with Crippen LogP contribution in [-0.4, -0.2) is 30.2 Å². The fourth-order valence-corrected chi connectivity index (χ4v) is 3.07. The quantitative estimate of drug-likeness (QED) is 0.903. The summed E-state index contributed by atoms with van der Waals surface area (Å²) in [4.78, 5) is 0. The Balaban J connectivity index is 2.06. The summed E-state index contributed by atoms with van der Waals surface area (Å²) in [6.45, 7) is 3.66. The first kappa shape index (κ1) is 14.8. The van der Waals surface area contributed by atoms with Gasteiger partial charge in [-0.1, -0.05) is 18.5 Å². The van der Waals surface area contributed by atoms with Crippen LogP contribution < -0.4 is 9.47 Å². The fourth-order valence-electron chi connectivity index (χ4n) is 1.87. The Bertz CT molecular complexity index is 425. The number of benzene rings is 1. The van der Waals surface area contributed by atoms with Crippen LogP contribution in [0.2, 0.25) is 5.02 Å². The molecule has 106 valence electrons. The Morgan fingerprint density at radius 2 is 2.16 bits per heavy atom. The third kappa shape index (κ3) is 4.20. The first-order valence-electron chi connectivity index (χ1n) is 6.51. The minimum Gasteiger partial charge on any atom is -0.489 e. The third-order valence-corrected chi connectivity index (χ3v) is 4.52. The summed E-state index contributed by atoms with van der Waals surface area (Å²) >= 11 is 8.05. The van der Waals surface area contributed by atoms with Crippen molar-refractivity contribution in [2.24, 2.45) is 0 Å². The topological polar surface area (TPSA) is 38.7 Å². The van der Waals surface area contributed by atoms with Gasteiger partial charge in [-0.05, 0) is 24.1 Å². The van der Waals surface area contributed by atoms with Gasteiger partial charge in [0.05, 0.1) is 18.2 Å². The molecule has 0 bridgehead atoms. The molecule has 5 heteroatoms. The van der Waals surface area contributed by atoms with E-state index in [2.05, 4.69) is 6.92 Å². The highest BCUT2D eigenvalue weighted by Crippen LogP contribution is 2.39. The average Bonchev–Trinajstić information content (AvgIpc) is 2.62. The molecule has 1 aliphatic rings. The molecule has 0 aliphatic carbocycles. The summed E-state index contributed by atoms with van der Waals surface area (Å²) < 4.78 is 11.3. The second-order valence-corrected chi connectivity index (χ2v) is 6.42. The number of aliphatic hydroxyl groups is 1. The van der Waals surface area contributed by atoms with E-state index in [-0.39, 0.29) is 6.61 Å². The van der Waals surface area contributed by atoms with Gasteiger partial charge in [-0.15, -0.1) is 0 Å². The van der Waals surface area contributed by atoms with Gasteiger partial charge in [-0.3, -0.25) is 0 Å². The van der Waals surface area contributed by atoms with Crippen molar-refractivity contribution < 1.29 is 14.6 Å². The Kier molecular flexibility index (Phi) is 5.67. The molecule has 1 heterocycles.